The molecule has 6 nitrogen and oxygen atoms in total. The number of carbonyl (C=O) groups is 1. The van der Waals surface area contributed by atoms with Gasteiger partial charge in [0.25, 0.3) is 0 Å². The van der Waals surface area contributed by atoms with E-state index in [4.69, 9.17) is 5.11 Å². The maximum atomic E-state index is 12.4. The van der Waals surface area contributed by atoms with Crippen LogP contribution in [0.3, 0.4) is 0 Å². The van der Waals surface area contributed by atoms with Crippen LogP contribution in [-0.4, -0.2) is 60.9 Å². The van der Waals surface area contributed by atoms with Crippen molar-refractivity contribution in [3.63, 3.8) is 0 Å². The molecule has 0 unspecified atom stereocenters. The summed E-state index contributed by atoms with van der Waals surface area (Å²) in [6.07, 6.45) is 2.44. The number of hydrogen-bond acceptors (Lipinski definition) is 5. The van der Waals surface area contributed by atoms with Crippen LogP contribution in [-0.2, 0) is 10.0 Å². The quantitative estimate of drug-likeness (QED) is 0.893. The summed E-state index contributed by atoms with van der Waals surface area (Å²) in [5.74, 6) is -1.09. The van der Waals surface area contributed by atoms with Crippen LogP contribution in [0.25, 0.3) is 0 Å². The number of nitrogens with zero attached hydrogens (tertiary/aromatic N) is 2. The van der Waals surface area contributed by atoms with Crippen LogP contribution < -0.4 is 0 Å². The van der Waals surface area contributed by atoms with Crippen LogP contribution in [0.15, 0.2) is 16.3 Å². The molecule has 0 radical (unpaired) electrons. The Balaban J connectivity index is 1.72. The van der Waals surface area contributed by atoms with Crippen molar-refractivity contribution in [3.8, 4) is 0 Å². The average molecular weight is 316 g/mol. The molecule has 1 saturated heterocycles. The number of hydrogen-bond donors (Lipinski definition) is 1. The Kier molecular flexibility index (Phi) is 3.57. The van der Waals surface area contributed by atoms with E-state index in [9.17, 15) is 13.2 Å². The van der Waals surface area contributed by atoms with Gasteiger partial charge in [-0.05, 0) is 18.9 Å². The lowest BCUT2D eigenvalue weighted by atomic mass is 10.3. The van der Waals surface area contributed by atoms with Crippen LogP contribution >= 0.6 is 11.3 Å². The molecule has 1 aliphatic heterocycles. The summed E-state index contributed by atoms with van der Waals surface area (Å²) >= 11 is 0.948. The van der Waals surface area contributed by atoms with E-state index in [-0.39, 0.29) is 9.77 Å². The molecule has 3 rings (SSSR count). The third kappa shape index (κ3) is 2.60. The lowest BCUT2D eigenvalue weighted by Gasteiger charge is -2.33. The third-order valence-corrected chi connectivity index (χ3v) is 6.70. The van der Waals surface area contributed by atoms with Gasteiger partial charge in [0, 0.05) is 37.6 Å². The number of aromatic carboxylic acids is 1. The largest absolute Gasteiger partial charge is 0.477 e. The number of piperazine rings is 1. The zero-order chi connectivity index (χ0) is 14.3. The van der Waals surface area contributed by atoms with Gasteiger partial charge < -0.3 is 5.11 Å². The highest BCUT2D eigenvalue weighted by Crippen LogP contribution is 2.29. The van der Waals surface area contributed by atoms with E-state index in [0.29, 0.717) is 19.1 Å². The van der Waals surface area contributed by atoms with Gasteiger partial charge in [-0.1, -0.05) is 0 Å². The molecule has 0 bridgehead atoms. The zero-order valence-corrected chi connectivity index (χ0v) is 12.5. The molecule has 2 aliphatic rings. The fraction of sp³-hybridized carbons (Fsp3) is 0.583. The number of rotatable bonds is 4. The molecule has 1 aliphatic carbocycles. The summed E-state index contributed by atoms with van der Waals surface area (Å²) in [4.78, 5) is 13.3. The maximum Gasteiger partial charge on any atom is 0.345 e. The predicted molar refractivity (Wildman–Crippen MR) is 74.6 cm³/mol. The van der Waals surface area contributed by atoms with Gasteiger partial charge >= 0.3 is 5.97 Å². The normalized spacial score (nSPS) is 22.0. The third-order valence-electron chi connectivity index (χ3n) is 3.76. The summed E-state index contributed by atoms with van der Waals surface area (Å²) in [5.41, 5.74) is 0. The van der Waals surface area contributed by atoms with Crippen LogP contribution in [0.2, 0.25) is 0 Å². The first-order valence-corrected chi connectivity index (χ1v) is 8.86. The van der Waals surface area contributed by atoms with Crippen molar-refractivity contribution in [2.45, 2.75) is 23.8 Å². The Hall–Kier alpha value is -0.960. The van der Waals surface area contributed by atoms with Crippen molar-refractivity contribution in [2.24, 2.45) is 0 Å². The summed E-state index contributed by atoms with van der Waals surface area (Å²) in [5, 5.41) is 10.3. The van der Waals surface area contributed by atoms with E-state index in [0.717, 1.165) is 24.4 Å². The van der Waals surface area contributed by atoms with E-state index < -0.39 is 16.0 Å². The summed E-state index contributed by atoms with van der Waals surface area (Å²) < 4.78 is 26.3. The SMILES string of the molecule is O=C(O)c1cc(S(=O)(=O)N2CCN(C3CC3)CC2)cs1. The van der Waals surface area contributed by atoms with Crippen molar-refractivity contribution >= 4 is 27.3 Å². The molecule has 20 heavy (non-hydrogen) atoms. The van der Waals surface area contributed by atoms with Crippen LogP contribution in [0.1, 0.15) is 22.5 Å². The molecule has 2 fully saturated rings. The molecule has 8 heteroatoms. The van der Waals surface area contributed by atoms with E-state index >= 15 is 0 Å². The first kappa shape index (κ1) is 14.0. The van der Waals surface area contributed by atoms with Gasteiger partial charge in [0.05, 0.1) is 4.90 Å². The molecule has 110 valence electrons. The minimum Gasteiger partial charge on any atom is -0.477 e. The van der Waals surface area contributed by atoms with Crippen LogP contribution in [0, 0.1) is 0 Å². The molecule has 0 aromatic carbocycles. The summed E-state index contributed by atoms with van der Waals surface area (Å²) in [7, 11) is -3.55. The summed E-state index contributed by atoms with van der Waals surface area (Å²) in [6, 6.07) is 1.90. The highest BCUT2D eigenvalue weighted by Gasteiger charge is 2.35. The minimum absolute atomic E-state index is 0.0557. The predicted octanol–water partition coefficient (Wildman–Crippen LogP) is 0.915. The number of thiophene rings is 1. The molecular weight excluding hydrogens is 300 g/mol. The average Bonchev–Trinajstić information content (AvgIpc) is 3.14. The molecule has 0 atom stereocenters. The molecule has 1 aromatic heterocycles. The molecule has 1 saturated carbocycles. The number of sulfonamides is 1. The van der Waals surface area contributed by atoms with Crippen molar-refractivity contribution < 1.29 is 18.3 Å². The van der Waals surface area contributed by atoms with Gasteiger partial charge in [-0.3, -0.25) is 4.90 Å². The smallest absolute Gasteiger partial charge is 0.345 e. The second kappa shape index (κ2) is 5.10. The van der Waals surface area contributed by atoms with Gasteiger partial charge in [-0.2, -0.15) is 4.31 Å². The van der Waals surface area contributed by atoms with Crippen molar-refractivity contribution in [3.05, 3.63) is 16.3 Å². The standard InChI is InChI=1S/C12H16N2O4S2/c15-12(16)11-7-10(8-19-11)20(17,18)14-5-3-13(4-6-14)9-1-2-9/h7-9H,1-6H2,(H,15,16). The number of carboxylic acid groups (broad SMARTS) is 1. The fourth-order valence-electron chi connectivity index (χ4n) is 2.46. The Morgan fingerprint density at radius 1 is 1.25 bits per heavy atom. The monoisotopic (exact) mass is 316 g/mol. The maximum absolute atomic E-state index is 12.4. The van der Waals surface area contributed by atoms with Crippen molar-refractivity contribution in [2.75, 3.05) is 26.2 Å². The second-order valence-electron chi connectivity index (χ2n) is 5.12. The van der Waals surface area contributed by atoms with Gasteiger partial charge in [0.15, 0.2) is 0 Å². The molecule has 1 aromatic rings. The minimum atomic E-state index is -3.55. The van der Waals surface area contributed by atoms with Crippen LogP contribution in [0.4, 0.5) is 0 Å². The Morgan fingerprint density at radius 3 is 2.40 bits per heavy atom. The first-order valence-electron chi connectivity index (χ1n) is 6.54. The lowest BCUT2D eigenvalue weighted by molar-refractivity contribution is 0.0702. The first-order chi connectivity index (χ1) is 9.48. The molecule has 0 spiro atoms. The highest BCUT2D eigenvalue weighted by molar-refractivity contribution is 7.89. The highest BCUT2D eigenvalue weighted by atomic mass is 32.2. The van der Waals surface area contributed by atoms with Crippen molar-refractivity contribution in [1.29, 1.82) is 0 Å². The van der Waals surface area contributed by atoms with Gasteiger partial charge in [-0.15, -0.1) is 11.3 Å². The molecular formula is C12H16N2O4S2. The van der Waals surface area contributed by atoms with Crippen molar-refractivity contribution in [1.82, 2.24) is 9.21 Å². The van der Waals surface area contributed by atoms with E-state index in [1.165, 1.54) is 28.6 Å². The lowest BCUT2D eigenvalue weighted by Crippen LogP contribution is -2.49. The summed E-state index contributed by atoms with van der Waals surface area (Å²) in [6.45, 7) is 2.49. The van der Waals surface area contributed by atoms with E-state index in [2.05, 4.69) is 4.90 Å². The molecule has 2 heterocycles. The van der Waals surface area contributed by atoms with Gasteiger partial charge in [0.2, 0.25) is 10.0 Å². The molecule has 0 amide bonds. The van der Waals surface area contributed by atoms with E-state index in [1.807, 2.05) is 0 Å². The Bertz CT molecular complexity index is 613. The van der Waals surface area contributed by atoms with E-state index in [1.54, 1.807) is 0 Å². The fourth-order valence-corrected chi connectivity index (χ4v) is 4.99. The molecule has 1 N–H and O–H groups in total. The zero-order valence-electron chi connectivity index (χ0n) is 10.9. The topological polar surface area (TPSA) is 77.9 Å². The van der Waals surface area contributed by atoms with Gasteiger partial charge in [-0.25, -0.2) is 13.2 Å². The second-order valence-corrected chi connectivity index (χ2v) is 7.97. The number of carboxylic acids is 1. The van der Waals surface area contributed by atoms with Gasteiger partial charge in [0.1, 0.15) is 4.88 Å². The van der Waals surface area contributed by atoms with Crippen LogP contribution in [0.5, 0.6) is 0 Å². The Labute approximate surface area is 121 Å². The Morgan fingerprint density at radius 2 is 1.90 bits per heavy atom.